The molecule has 0 saturated carbocycles. The third kappa shape index (κ3) is 21.6. The number of alkyl halides is 3. The molecule has 0 spiro atoms. The van der Waals surface area contributed by atoms with Gasteiger partial charge in [0, 0.05) is 5.25 Å². The van der Waals surface area contributed by atoms with Crippen LogP contribution in [-0.4, -0.2) is 30.3 Å². The van der Waals surface area contributed by atoms with Crippen LogP contribution in [-0.2, 0) is 23.0 Å². The molecule has 0 saturated heterocycles. The Morgan fingerprint density at radius 2 is 1.05 bits per heavy atom. The summed E-state index contributed by atoms with van der Waals surface area (Å²) in [5, 5.41) is 0.342. The first-order valence-corrected chi connectivity index (χ1v) is 18.0. The zero-order valence-electron chi connectivity index (χ0n) is 25.9. The quantitative estimate of drug-likeness (QED) is 0.0578. The van der Waals surface area contributed by atoms with Crippen LogP contribution in [0.5, 0.6) is 5.75 Å². The normalized spacial score (nSPS) is 12.4. The molecule has 0 heterocycles. The minimum absolute atomic E-state index is 0.342. The van der Waals surface area contributed by atoms with Crippen LogP contribution in [0, 0.1) is 0 Å². The Hall–Kier alpha value is -1.71. The minimum Gasteiger partial charge on any atom is -0.494 e. The number of ether oxygens (including phenoxy) is 1. The monoisotopic (exact) mass is 646 g/mol. The molecule has 4 nitrogen and oxygen atoms in total. The summed E-state index contributed by atoms with van der Waals surface area (Å²) in [6, 6.07) is 19.2. The van der Waals surface area contributed by atoms with E-state index in [1.165, 1.54) is 107 Å². The van der Waals surface area contributed by atoms with Crippen LogP contribution < -0.4 is 4.74 Å². The first-order valence-electron chi connectivity index (χ1n) is 16.0. The van der Waals surface area contributed by atoms with Crippen LogP contribution in [0.25, 0.3) is 0 Å². The molecule has 9 heteroatoms. The summed E-state index contributed by atoms with van der Waals surface area (Å²) in [6.07, 6.45) is 24.4. The molecule has 0 radical (unpaired) electrons. The molecule has 2 aromatic rings. The predicted octanol–water partition coefficient (Wildman–Crippen LogP) is 10.8. The van der Waals surface area contributed by atoms with E-state index >= 15 is 0 Å². The van der Waals surface area contributed by atoms with E-state index in [1.54, 1.807) is 0 Å². The van der Waals surface area contributed by atoms with Gasteiger partial charge < -0.3 is 4.74 Å². The average Bonchev–Trinajstić information content (AvgIpc) is 2.95. The van der Waals surface area contributed by atoms with Crippen LogP contribution in [0.3, 0.4) is 0 Å². The van der Waals surface area contributed by atoms with Gasteiger partial charge in [-0.3, -0.25) is 4.55 Å². The molecule has 43 heavy (non-hydrogen) atoms. The third-order valence-corrected chi connectivity index (χ3v) is 8.22. The topological polar surface area (TPSA) is 63.6 Å². The van der Waals surface area contributed by atoms with E-state index in [9.17, 15) is 13.2 Å². The lowest BCUT2D eigenvalue weighted by Gasteiger charge is -2.12. The summed E-state index contributed by atoms with van der Waals surface area (Å²) < 4.78 is 63.5. The molecule has 2 rings (SSSR count). The molecule has 0 aliphatic rings. The molecule has 0 fully saturated rings. The third-order valence-electron chi connectivity index (χ3n) is 7.27. The molecule has 2 aromatic carbocycles. The van der Waals surface area contributed by atoms with Crippen molar-refractivity contribution in [2.24, 2.45) is 0 Å². The van der Waals surface area contributed by atoms with E-state index in [4.69, 9.17) is 30.3 Å². The highest BCUT2D eigenvalue weighted by molar-refractivity contribution is 7.86. The van der Waals surface area contributed by atoms with Gasteiger partial charge in [-0.2, -0.15) is 34.2 Å². The van der Waals surface area contributed by atoms with Crippen LogP contribution in [0.15, 0.2) is 54.6 Å². The fourth-order valence-electron chi connectivity index (χ4n) is 4.79. The van der Waals surface area contributed by atoms with Gasteiger partial charge in [-0.25, -0.2) is 0 Å². The summed E-state index contributed by atoms with van der Waals surface area (Å²) in [5.41, 5.74) is -2.85. The number of hydrogen-bond donors (Lipinski definition) is 2. The molecule has 0 aromatic heterocycles. The minimum atomic E-state index is -5.84. The second-order valence-electron chi connectivity index (χ2n) is 11.3. The Bertz CT molecular complexity index is 1030. The first-order chi connectivity index (χ1) is 20.5. The number of thiol groups is 1. The molecule has 0 amide bonds. The maximum atomic E-state index is 10.7. The summed E-state index contributed by atoms with van der Waals surface area (Å²) in [6.45, 7) is 3.13. The average molecular weight is 647 g/mol. The lowest BCUT2D eigenvalue weighted by molar-refractivity contribution is -0.0510. The number of unbranched alkanes of at least 4 members (excludes halogenated alkanes) is 15. The van der Waals surface area contributed by atoms with Gasteiger partial charge in [0.15, 0.2) is 0 Å². The van der Waals surface area contributed by atoms with E-state index in [0.717, 1.165) is 31.6 Å². The molecular weight excluding hydrogens is 593 g/mol. The highest BCUT2D eigenvalue weighted by atomic mass is 32.2. The Morgan fingerprint density at radius 3 is 1.44 bits per heavy atom. The van der Waals surface area contributed by atoms with Crippen molar-refractivity contribution in [3.05, 3.63) is 65.7 Å². The smallest absolute Gasteiger partial charge is 0.494 e. The van der Waals surface area contributed by atoms with E-state index in [-0.39, 0.29) is 0 Å². The highest BCUT2D eigenvalue weighted by Gasteiger charge is 2.44. The number of hydrogen-bond acceptors (Lipinski definition) is 4. The van der Waals surface area contributed by atoms with E-state index < -0.39 is 15.6 Å². The van der Waals surface area contributed by atoms with Crippen molar-refractivity contribution in [2.45, 2.75) is 133 Å². The summed E-state index contributed by atoms with van der Waals surface area (Å²) in [5.74, 6) is 0.994. The number of halogens is 3. The summed E-state index contributed by atoms with van der Waals surface area (Å²) in [7, 11) is -5.84. The Labute approximate surface area is 264 Å². The van der Waals surface area contributed by atoms with Crippen molar-refractivity contribution in [3.8, 4) is 5.75 Å². The molecule has 0 aliphatic heterocycles. The predicted molar refractivity (Wildman–Crippen MR) is 176 cm³/mol. The van der Waals surface area contributed by atoms with Crippen molar-refractivity contribution in [1.29, 1.82) is 0 Å². The van der Waals surface area contributed by atoms with Gasteiger partial charge >= 0.3 is 15.6 Å². The van der Waals surface area contributed by atoms with Gasteiger partial charge in [-0.05, 0) is 42.5 Å². The molecule has 0 bridgehead atoms. The number of benzene rings is 2. The van der Waals surface area contributed by atoms with Crippen LogP contribution in [0.2, 0.25) is 0 Å². The maximum absolute atomic E-state index is 10.7. The SMILES string of the molecule is CCCCCCCCCCCCCCCCCCOc1ccc(CC(S)Cc2ccccc2)cc1.O=S(=O)(O)C(F)(F)F. The van der Waals surface area contributed by atoms with Gasteiger partial charge in [0.25, 0.3) is 0 Å². The maximum Gasteiger partial charge on any atom is 0.522 e. The molecule has 1 atom stereocenters. The largest absolute Gasteiger partial charge is 0.522 e. The fourth-order valence-corrected chi connectivity index (χ4v) is 5.21. The molecule has 1 unspecified atom stereocenters. The lowest BCUT2D eigenvalue weighted by atomic mass is 10.0. The standard InChI is InChI=1S/C33H52OS.CHF3O3S/c1-2-3-4-5-6-7-8-9-10-11-12-13-14-15-16-20-27-34-32-25-23-31(24-26-32)29-33(35)28-30-21-18-17-19-22-30;2-1(3,4)8(5,6)7/h17-19,21-26,33,35H,2-16,20,27-29H2,1H3;(H,5,6,7). The van der Waals surface area contributed by atoms with Crippen LogP contribution in [0.4, 0.5) is 13.2 Å². The molecule has 246 valence electrons. The van der Waals surface area contributed by atoms with E-state index in [1.807, 2.05) is 0 Å². The zero-order valence-corrected chi connectivity index (χ0v) is 27.6. The molecule has 1 N–H and O–H groups in total. The highest BCUT2D eigenvalue weighted by Crippen LogP contribution is 2.21. The Morgan fingerprint density at radius 1 is 0.674 bits per heavy atom. The Balaban J connectivity index is 0.00000101. The Kier molecular flexibility index (Phi) is 21.6. The molecule has 0 aliphatic carbocycles. The second kappa shape index (κ2) is 23.6. The van der Waals surface area contributed by atoms with E-state index in [2.05, 4.69) is 61.5 Å². The van der Waals surface area contributed by atoms with Gasteiger partial charge in [0.05, 0.1) is 6.61 Å². The van der Waals surface area contributed by atoms with Gasteiger partial charge in [0.2, 0.25) is 0 Å². The van der Waals surface area contributed by atoms with Crippen molar-refractivity contribution >= 4 is 22.7 Å². The molecular formula is C34H53F3O4S2. The van der Waals surface area contributed by atoms with Crippen LogP contribution >= 0.6 is 12.6 Å². The lowest BCUT2D eigenvalue weighted by Crippen LogP contribution is -2.21. The fraction of sp³-hybridized carbons (Fsp3) is 0.647. The van der Waals surface area contributed by atoms with Crippen molar-refractivity contribution in [2.75, 3.05) is 6.61 Å². The second-order valence-corrected chi connectivity index (χ2v) is 13.4. The van der Waals surface area contributed by atoms with E-state index in [0.29, 0.717) is 5.25 Å². The van der Waals surface area contributed by atoms with Crippen molar-refractivity contribution in [3.63, 3.8) is 0 Å². The summed E-state index contributed by atoms with van der Waals surface area (Å²) in [4.78, 5) is 0. The van der Waals surface area contributed by atoms with Gasteiger partial charge in [-0.1, -0.05) is 146 Å². The number of rotatable bonds is 22. The van der Waals surface area contributed by atoms with Crippen molar-refractivity contribution < 1.29 is 30.9 Å². The first kappa shape index (κ1) is 39.3. The zero-order chi connectivity index (χ0) is 31.8. The van der Waals surface area contributed by atoms with Gasteiger partial charge in [0.1, 0.15) is 5.75 Å². The summed E-state index contributed by atoms with van der Waals surface area (Å²) >= 11 is 4.79. The van der Waals surface area contributed by atoms with Crippen molar-refractivity contribution in [1.82, 2.24) is 0 Å². The van der Waals surface area contributed by atoms with Gasteiger partial charge in [-0.15, -0.1) is 0 Å². The van der Waals surface area contributed by atoms with Crippen LogP contribution in [0.1, 0.15) is 121 Å².